The number of benzene rings is 3. The number of nitrogens with one attached hydrogen (secondary N) is 2. The van der Waals surface area contributed by atoms with E-state index >= 15 is 0 Å². The van der Waals surface area contributed by atoms with Crippen LogP contribution in [0.2, 0.25) is 0 Å². The zero-order chi connectivity index (χ0) is 26.6. The summed E-state index contributed by atoms with van der Waals surface area (Å²) in [6, 6.07) is 22.8. The van der Waals surface area contributed by atoms with Crippen molar-refractivity contribution in [3.05, 3.63) is 95.3 Å². The number of hydrogen-bond donors (Lipinski definition) is 2. The molecule has 0 radical (unpaired) electrons. The molecule has 0 aromatic heterocycles. The van der Waals surface area contributed by atoms with Crippen molar-refractivity contribution in [1.82, 2.24) is 15.5 Å². The molecule has 4 saturated carbocycles. The van der Waals surface area contributed by atoms with E-state index in [4.69, 9.17) is 0 Å². The van der Waals surface area contributed by atoms with Gasteiger partial charge in [-0.2, -0.15) is 0 Å². The maximum absolute atomic E-state index is 13.6. The van der Waals surface area contributed by atoms with Gasteiger partial charge in [0, 0.05) is 29.7 Å². The summed E-state index contributed by atoms with van der Waals surface area (Å²) >= 11 is 0. The second-order valence-electron chi connectivity index (χ2n) is 12.4. The molecule has 0 spiro atoms. The third-order valence-electron chi connectivity index (χ3n) is 9.53. The zero-order valence-corrected chi connectivity index (χ0v) is 22.1. The van der Waals surface area contributed by atoms with E-state index in [2.05, 4.69) is 22.8 Å². The lowest BCUT2D eigenvalue weighted by Gasteiger charge is -2.62. The lowest BCUT2D eigenvalue weighted by atomic mass is 9.50. The molecule has 4 aliphatic carbocycles. The highest BCUT2D eigenvalue weighted by Gasteiger charge is 2.58. The van der Waals surface area contributed by atoms with E-state index in [0.717, 1.165) is 54.4 Å². The quantitative estimate of drug-likeness (QED) is 0.452. The van der Waals surface area contributed by atoms with Gasteiger partial charge in [-0.1, -0.05) is 48.5 Å². The summed E-state index contributed by atoms with van der Waals surface area (Å²) in [7, 11) is 0. The van der Waals surface area contributed by atoms with Crippen molar-refractivity contribution in [2.45, 2.75) is 62.7 Å². The minimum absolute atomic E-state index is 0.0111. The van der Waals surface area contributed by atoms with Gasteiger partial charge in [-0.3, -0.25) is 9.59 Å². The first kappa shape index (κ1) is 24.5. The van der Waals surface area contributed by atoms with Gasteiger partial charge < -0.3 is 15.5 Å². The van der Waals surface area contributed by atoms with E-state index < -0.39 is 0 Å². The minimum Gasteiger partial charge on any atom is -0.347 e. The van der Waals surface area contributed by atoms with Gasteiger partial charge in [-0.15, -0.1) is 0 Å². The molecule has 1 heterocycles. The van der Waals surface area contributed by atoms with Gasteiger partial charge in [-0.25, -0.2) is 4.39 Å². The Hall–Kier alpha value is -3.51. The number of carbonyl (C=O) groups is 2. The first-order valence-electron chi connectivity index (χ1n) is 14.2. The van der Waals surface area contributed by atoms with Crippen molar-refractivity contribution in [3.63, 3.8) is 0 Å². The standard InChI is InChI=1S/C33H34FN3O2/c34-29-10-9-27-19-37(20-28(27)13-29)30(38)18-35-32-14-22-11-23(15-32)17-33(16-22,21-32)36-31(39)26-8-4-7-25(12-26)24-5-2-1-3-6-24/h1-10,12-13,22-23,35H,11,14-21H2,(H,36,39)/t22-,23+,32?,33?. The molecule has 2 amide bonds. The van der Waals surface area contributed by atoms with E-state index in [0.29, 0.717) is 30.5 Å². The molecule has 8 rings (SSSR count). The number of rotatable bonds is 6. The van der Waals surface area contributed by atoms with E-state index in [1.54, 1.807) is 6.07 Å². The Balaban J connectivity index is 1.04. The summed E-state index contributed by atoms with van der Waals surface area (Å²) in [5.74, 6) is 0.905. The van der Waals surface area contributed by atoms with Gasteiger partial charge in [0.1, 0.15) is 5.82 Å². The second kappa shape index (κ2) is 9.30. The largest absolute Gasteiger partial charge is 0.347 e. The molecule has 4 bridgehead atoms. The molecule has 0 saturated heterocycles. The average Bonchev–Trinajstić information content (AvgIpc) is 3.35. The Bertz CT molecular complexity index is 1420. The molecule has 4 atom stereocenters. The summed E-state index contributed by atoms with van der Waals surface area (Å²) < 4.78 is 13.6. The summed E-state index contributed by atoms with van der Waals surface area (Å²) in [4.78, 5) is 28.6. The monoisotopic (exact) mass is 523 g/mol. The van der Waals surface area contributed by atoms with Crippen molar-refractivity contribution >= 4 is 11.8 Å². The van der Waals surface area contributed by atoms with E-state index in [1.165, 1.54) is 18.6 Å². The summed E-state index contributed by atoms with van der Waals surface area (Å²) in [5, 5.41) is 7.19. The number of halogens is 1. The zero-order valence-electron chi connectivity index (χ0n) is 22.1. The molecule has 5 nitrogen and oxygen atoms in total. The van der Waals surface area contributed by atoms with Gasteiger partial charge in [0.2, 0.25) is 5.91 Å². The van der Waals surface area contributed by atoms with E-state index in [9.17, 15) is 14.0 Å². The fourth-order valence-electron chi connectivity index (χ4n) is 8.31. The van der Waals surface area contributed by atoms with Gasteiger partial charge in [0.25, 0.3) is 5.91 Å². The Morgan fingerprint density at radius 3 is 2.33 bits per heavy atom. The molecule has 39 heavy (non-hydrogen) atoms. The highest BCUT2D eigenvalue weighted by atomic mass is 19.1. The minimum atomic E-state index is -0.256. The normalized spacial score (nSPS) is 28.4. The van der Waals surface area contributed by atoms with Crippen LogP contribution in [0.15, 0.2) is 72.8 Å². The molecule has 1 aliphatic heterocycles. The van der Waals surface area contributed by atoms with Crippen LogP contribution < -0.4 is 10.6 Å². The van der Waals surface area contributed by atoms with Crippen LogP contribution in [0, 0.1) is 17.7 Å². The predicted molar refractivity (Wildman–Crippen MR) is 148 cm³/mol. The molecule has 5 aliphatic rings. The molecular formula is C33H34FN3O2. The van der Waals surface area contributed by atoms with Gasteiger partial charge in [-0.05, 0) is 96.9 Å². The first-order chi connectivity index (χ1) is 18.9. The van der Waals surface area contributed by atoms with Crippen LogP contribution in [0.3, 0.4) is 0 Å². The molecular weight excluding hydrogens is 489 g/mol. The Morgan fingerprint density at radius 2 is 1.54 bits per heavy atom. The molecule has 3 aromatic carbocycles. The number of carbonyl (C=O) groups excluding carboxylic acids is 2. The third-order valence-corrected chi connectivity index (χ3v) is 9.53. The molecule has 2 N–H and O–H groups in total. The fourth-order valence-corrected chi connectivity index (χ4v) is 8.31. The Morgan fingerprint density at radius 1 is 0.821 bits per heavy atom. The fraction of sp³-hybridized carbons (Fsp3) is 0.394. The predicted octanol–water partition coefficient (Wildman–Crippen LogP) is 5.45. The lowest BCUT2D eigenvalue weighted by Crippen LogP contribution is -2.69. The number of nitrogens with zero attached hydrogens (tertiary/aromatic N) is 1. The van der Waals surface area contributed by atoms with Crippen LogP contribution in [-0.4, -0.2) is 34.3 Å². The third kappa shape index (κ3) is 4.65. The Labute approximate surface area is 228 Å². The Kier molecular flexibility index (Phi) is 5.85. The number of amides is 2. The van der Waals surface area contributed by atoms with E-state index in [1.807, 2.05) is 47.4 Å². The smallest absolute Gasteiger partial charge is 0.251 e. The lowest BCUT2D eigenvalue weighted by molar-refractivity contribution is -0.132. The number of hydrogen-bond acceptors (Lipinski definition) is 3. The summed E-state index contributed by atoms with van der Waals surface area (Å²) in [5.41, 5.74) is 4.39. The van der Waals surface area contributed by atoms with Crippen molar-refractivity contribution in [1.29, 1.82) is 0 Å². The average molecular weight is 524 g/mol. The molecule has 2 unspecified atom stereocenters. The summed E-state index contributed by atoms with van der Waals surface area (Å²) in [6.07, 6.45) is 6.21. The van der Waals surface area contributed by atoms with Crippen molar-refractivity contribution in [3.8, 4) is 11.1 Å². The number of fused-ring (bicyclic) bond motifs is 1. The van der Waals surface area contributed by atoms with Crippen LogP contribution in [0.5, 0.6) is 0 Å². The van der Waals surface area contributed by atoms with Gasteiger partial charge in [0.05, 0.1) is 6.54 Å². The van der Waals surface area contributed by atoms with Crippen LogP contribution in [0.1, 0.15) is 60.0 Å². The van der Waals surface area contributed by atoms with Gasteiger partial charge in [0.15, 0.2) is 0 Å². The summed E-state index contributed by atoms with van der Waals surface area (Å²) in [6.45, 7) is 1.28. The van der Waals surface area contributed by atoms with Crippen LogP contribution in [0.25, 0.3) is 11.1 Å². The first-order valence-corrected chi connectivity index (χ1v) is 14.2. The highest BCUT2D eigenvalue weighted by molar-refractivity contribution is 5.96. The van der Waals surface area contributed by atoms with Crippen LogP contribution >= 0.6 is 0 Å². The van der Waals surface area contributed by atoms with Crippen LogP contribution in [0.4, 0.5) is 4.39 Å². The van der Waals surface area contributed by atoms with Crippen molar-refractivity contribution in [2.75, 3.05) is 6.54 Å². The van der Waals surface area contributed by atoms with E-state index in [-0.39, 0.29) is 35.3 Å². The van der Waals surface area contributed by atoms with Crippen LogP contribution in [-0.2, 0) is 17.9 Å². The topological polar surface area (TPSA) is 61.4 Å². The molecule has 200 valence electrons. The second-order valence-corrected chi connectivity index (χ2v) is 12.4. The molecule has 4 fully saturated rings. The van der Waals surface area contributed by atoms with Crippen molar-refractivity contribution < 1.29 is 14.0 Å². The maximum atomic E-state index is 13.6. The molecule has 6 heteroatoms. The van der Waals surface area contributed by atoms with Crippen molar-refractivity contribution in [2.24, 2.45) is 11.8 Å². The SMILES string of the molecule is O=C(NC12C[C@@H]3C[C@@H](CC(NCC(=O)N4Cc5ccc(F)cc5C4)(C3)C1)C2)c1cccc(-c2ccccc2)c1. The highest BCUT2D eigenvalue weighted by Crippen LogP contribution is 2.57. The maximum Gasteiger partial charge on any atom is 0.251 e. The van der Waals surface area contributed by atoms with Gasteiger partial charge >= 0.3 is 0 Å². The molecule has 3 aromatic rings.